The molecule has 349 valence electrons. The van der Waals surface area contributed by atoms with E-state index in [2.05, 4.69) is 51.0 Å². The van der Waals surface area contributed by atoms with Gasteiger partial charge in [-0.1, -0.05) is 129 Å². The number of carbonyl (C=O) groups is 2. The molecule has 22 heteroatoms. The van der Waals surface area contributed by atoms with Crippen LogP contribution >= 0.6 is 75.1 Å². The number of thiol groups is 1. The molecule has 0 aromatic heterocycles. The van der Waals surface area contributed by atoms with Gasteiger partial charge >= 0.3 is 49.0 Å². The molecule has 0 fully saturated rings. The molecule has 0 saturated heterocycles. The summed E-state index contributed by atoms with van der Waals surface area (Å²) < 4.78 is 98.5. The van der Waals surface area contributed by atoms with Crippen molar-refractivity contribution in [3.63, 3.8) is 0 Å². The Hall–Kier alpha value is -4.85. The zero-order valence-corrected chi connectivity index (χ0v) is 39.2. The van der Waals surface area contributed by atoms with Gasteiger partial charge in [0.1, 0.15) is 0 Å². The summed E-state index contributed by atoms with van der Waals surface area (Å²) in [6.07, 6.45) is -10.8. The number of oxime groups is 2. The zero-order chi connectivity index (χ0) is 48.4. The van der Waals surface area contributed by atoms with E-state index < -0.39 is 48.3 Å². The van der Waals surface area contributed by atoms with Crippen LogP contribution in [0.25, 0.3) is 21.5 Å². The van der Waals surface area contributed by atoms with Crippen LogP contribution in [0.2, 0.25) is 20.1 Å². The summed E-state index contributed by atoms with van der Waals surface area (Å²) in [6.45, 7) is 0. The molecule has 2 aliphatic heterocycles. The molecule has 6 aromatic carbocycles. The van der Waals surface area contributed by atoms with Crippen molar-refractivity contribution in [3.8, 4) is 0 Å². The molecule has 0 N–H and O–H groups in total. The molecule has 8 rings (SSSR count). The molecule has 9 nitrogen and oxygen atoms in total. The summed E-state index contributed by atoms with van der Waals surface area (Å²) >= 11 is 30.4. The van der Waals surface area contributed by atoms with Crippen LogP contribution in [-0.2, 0) is 30.4 Å². The van der Waals surface area contributed by atoms with Gasteiger partial charge in [0.2, 0.25) is 0 Å². The number of halogens is 11. The van der Waals surface area contributed by atoms with Crippen LogP contribution in [0.4, 0.5) is 26.3 Å². The van der Waals surface area contributed by atoms with Crippen molar-refractivity contribution >= 4 is 128 Å². The van der Waals surface area contributed by atoms with Crippen LogP contribution in [0.5, 0.6) is 0 Å². The molecule has 0 spiro atoms. The number of rotatable bonds is 6. The minimum atomic E-state index is -4.81. The van der Waals surface area contributed by atoms with Crippen LogP contribution in [0.3, 0.4) is 0 Å². The van der Waals surface area contributed by atoms with Crippen molar-refractivity contribution in [1.82, 2.24) is 0 Å². The van der Waals surface area contributed by atoms with E-state index in [9.17, 15) is 35.9 Å². The summed E-state index contributed by atoms with van der Waals surface area (Å²) in [5, 5.41) is 9.91. The van der Waals surface area contributed by atoms with Crippen molar-refractivity contribution in [2.24, 2.45) is 14.6 Å². The van der Waals surface area contributed by atoms with Crippen molar-refractivity contribution in [2.45, 2.75) is 43.8 Å². The molecule has 0 saturated carbocycles. The number of hydrogen-bond acceptors (Lipinski definition) is 10. The molecule has 2 aliphatic rings. The Bertz CT molecular complexity index is 2930. The molecule has 0 aliphatic carbocycles. The molecule has 0 bridgehead atoms. The van der Waals surface area contributed by atoms with E-state index in [4.69, 9.17) is 65.6 Å². The van der Waals surface area contributed by atoms with Gasteiger partial charge in [-0.2, -0.15) is 26.3 Å². The summed E-state index contributed by atoms with van der Waals surface area (Å²) in [4.78, 5) is 34.5. The Morgan fingerprint density at radius 2 is 1.04 bits per heavy atom. The number of fused-ring (bicyclic) bond motifs is 2. The third-order valence-electron chi connectivity index (χ3n) is 10.4. The Morgan fingerprint density at radius 3 is 1.48 bits per heavy atom. The number of esters is 2. The average molecular weight is 1090 g/mol. The molecule has 2 heterocycles. The number of benzene rings is 6. The fourth-order valence-corrected chi connectivity index (χ4v) is 9.03. The second-order valence-electron chi connectivity index (χ2n) is 14.2. The third kappa shape index (κ3) is 10.6. The van der Waals surface area contributed by atoms with E-state index in [1.165, 1.54) is 50.6 Å². The first-order valence-electron chi connectivity index (χ1n) is 18.7. The molecule has 2 atom stereocenters. The van der Waals surface area contributed by atoms with Gasteiger partial charge in [-0.05, 0) is 70.8 Å². The van der Waals surface area contributed by atoms with Crippen molar-refractivity contribution in [2.75, 3.05) is 14.2 Å². The maximum absolute atomic E-state index is 14.3. The number of carbonyl (C=O) groups excluding carboxylic acids is 2. The molecule has 6 aromatic rings. The Kier molecular flexibility index (Phi) is 16.8. The van der Waals surface area contributed by atoms with Crippen LogP contribution in [0.15, 0.2) is 122 Å². The molecule has 1 radical (unpaired) electrons. The first kappa shape index (κ1) is 53.1. The first-order chi connectivity index (χ1) is 31.1. The number of hydrogen-bond donors (Lipinski definition) is 1. The van der Waals surface area contributed by atoms with Crippen LogP contribution in [0, 0.1) is 0 Å². The predicted molar refractivity (Wildman–Crippen MR) is 255 cm³/mol. The molecule has 2 unspecified atom stereocenters. The van der Waals surface area contributed by atoms with Crippen LogP contribution in [0.1, 0.15) is 63.2 Å². The van der Waals surface area contributed by atoms with Crippen LogP contribution in [-0.4, -0.2) is 57.6 Å². The number of alkyl halides is 6. The zero-order valence-electron chi connectivity index (χ0n) is 33.7. The van der Waals surface area contributed by atoms with E-state index >= 15 is 0 Å². The van der Waals surface area contributed by atoms with Gasteiger partial charge in [-0.25, -0.2) is 9.59 Å². The monoisotopic (exact) mass is 1090 g/mol. The van der Waals surface area contributed by atoms with Gasteiger partial charge in [0.05, 0.1) is 36.8 Å². The number of nitrogens with zero attached hydrogens (tertiary/aromatic N) is 3. The van der Waals surface area contributed by atoms with Gasteiger partial charge in [0, 0.05) is 65.0 Å². The first-order valence-corrected chi connectivity index (χ1v) is 21.4. The van der Waals surface area contributed by atoms with Crippen molar-refractivity contribution in [3.05, 3.63) is 161 Å². The van der Waals surface area contributed by atoms with Gasteiger partial charge in [-0.15, -0.1) is 0 Å². The van der Waals surface area contributed by atoms with E-state index in [1.54, 1.807) is 42.5 Å². The fourth-order valence-electron chi connectivity index (χ4n) is 7.40. The summed E-state index contributed by atoms with van der Waals surface area (Å²) in [6, 6.07) is 25.3. The Morgan fingerprint density at radius 1 is 0.657 bits per heavy atom. The normalized spacial score (nSPS) is 17.6. The molecule has 67 heavy (non-hydrogen) atoms. The summed E-state index contributed by atoms with van der Waals surface area (Å²) in [5.41, 5.74) is -4.46. The number of methoxy groups -OCH3 is 2. The Labute approximate surface area is 414 Å². The molecular weight excluding hydrogens is 1060 g/mol. The van der Waals surface area contributed by atoms with Gasteiger partial charge < -0.3 is 19.1 Å². The van der Waals surface area contributed by atoms with E-state index in [-0.39, 0.29) is 55.6 Å². The van der Waals surface area contributed by atoms with Crippen molar-refractivity contribution in [1.29, 1.82) is 0 Å². The van der Waals surface area contributed by atoms with E-state index in [1.807, 2.05) is 0 Å². The second kappa shape index (κ2) is 21.2. The van der Waals surface area contributed by atoms with E-state index in [0.717, 1.165) is 24.3 Å². The average Bonchev–Trinajstić information content (AvgIpc) is 3.93. The number of ether oxygens (including phenoxy) is 2. The third-order valence-corrected chi connectivity index (χ3v) is 11.9. The summed E-state index contributed by atoms with van der Waals surface area (Å²) in [7, 11) is 6.85. The Balaban J connectivity index is 0.000000234. The quantitative estimate of drug-likeness (QED) is 0.0770. The predicted octanol–water partition coefficient (Wildman–Crippen LogP) is 14.6. The second-order valence-corrected chi connectivity index (χ2v) is 17.0. The minimum absolute atomic E-state index is 0. The van der Waals surface area contributed by atoms with Crippen LogP contribution < -0.4 is 0 Å². The topological polar surface area (TPSA) is 108 Å². The molecule has 0 amide bonds. The van der Waals surface area contributed by atoms with Gasteiger partial charge in [0.25, 0.3) is 11.2 Å². The summed E-state index contributed by atoms with van der Waals surface area (Å²) in [5.74, 6) is -1.12. The standard InChI is InChI=1S/C22H13BrCl2F3NO3.C22H14Cl2F3NO3.CH4.BHNS/c1-31-20(30)16-6-5-14(15-3-2-4-17(23)19(15)16)18-10-21(32-29-18,22(26,27)28)11-7-12(24)9-13(25)8-11;1-30-20(29)18-7-6-17(15-4-2-3-5-16(15)18)19-11-21(31-28-19,22(25,26)27)12-8-13(23)10-14(24)9-12;;1-2-3/h2-9H,10H2,1H3;2-10H,11H2,1H3;1H4;3H. The van der Waals surface area contributed by atoms with Crippen molar-refractivity contribution < 1.29 is 55.1 Å². The van der Waals surface area contributed by atoms with Gasteiger partial charge in [0.15, 0.2) is 0 Å². The molecular formula is C45H32BBrCl4F6N3O6S. The van der Waals surface area contributed by atoms with E-state index in [0.29, 0.717) is 42.7 Å². The SMILES string of the molecule is C.COC(=O)c1ccc(C2=NOC(c3cc(Cl)cc(Cl)c3)(C(F)(F)F)C2)c2cccc(Br)c12.COC(=O)c1ccc(C2=NOC(c3cc(Cl)cc(Cl)c3)(C(F)(F)F)C2)c2ccccc12.[B]=NS. The fraction of sp³-hybridized carbons (Fsp3) is 0.200. The maximum atomic E-state index is 14.3. The van der Waals surface area contributed by atoms with Gasteiger partial charge in [-0.3, -0.25) is 0 Å².